The van der Waals surface area contributed by atoms with Crippen molar-refractivity contribution in [1.29, 1.82) is 0 Å². The lowest BCUT2D eigenvalue weighted by Gasteiger charge is -2.24. The van der Waals surface area contributed by atoms with Gasteiger partial charge in [-0.15, -0.1) is 0 Å². The van der Waals surface area contributed by atoms with Crippen molar-refractivity contribution in [3.05, 3.63) is 29.3 Å². The Kier molecular flexibility index (Phi) is 3.53. The van der Waals surface area contributed by atoms with Gasteiger partial charge in [-0.05, 0) is 51.2 Å². The summed E-state index contributed by atoms with van der Waals surface area (Å²) in [6, 6.07) is 6.35. The van der Waals surface area contributed by atoms with Crippen molar-refractivity contribution in [1.82, 2.24) is 0 Å². The maximum atomic E-state index is 6.27. The molecule has 19 heavy (non-hydrogen) atoms. The second kappa shape index (κ2) is 5.16. The SMILES string of the molecule is Cc1ccc(OCC2CCC3(CCCC3)O2)c(C)c1. The molecule has 0 radical (unpaired) electrons. The summed E-state index contributed by atoms with van der Waals surface area (Å²) in [5.74, 6) is 1.00. The van der Waals surface area contributed by atoms with Gasteiger partial charge in [-0.2, -0.15) is 0 Å². The summed E-state index contributed by atoms with van der Waals surface area (Å²) in [5, 5.41) is 0. The standard InChI is InChI=1S/C17H24O2/c1-13-5-6-16(14(2)11-13)18-12-15-7-10-17(19-15)8-3-4-9-17/h5-6,11,15H,3-4,7-10,12H2,1-2H3. The lowest BCUT2D eigenvalue weighted by molar-refractivity contribution is -0.0509. The average Bonchev–Trinajstić information content (AvgIpc) is 2.99. The highest BCUT2D eigenvalue weighted by Crippen LogP contribution is 2.43. The summed E-state index contributed by atoms with van der Waals surface area (Å²) in [6.45, 7) is 4.92. The van der Waals surface area contributed by atoms with Crippen LogP contribution in [0.25, 0.3) is 0 Å². The Hall–Kier alpha value is -1.02. The Morgan fingerprint density at radius 1 is 1.21 bits per heavy atom. The third-order valence-electron chi connectivity index (χ3n) is 4.61. The Bertz CT molecular complexity index is 447. The molecule has 2 heteroatoms. The van der Waals surface area contributed by atoms with Crippen LogP contribution in [0.5, 0.6) is 5.75 Å². The van der Waals surface area contributed by atoms with Gasteiger partial charge < -0.3 is 9.47 Å². The van der Waals surface area contributed by atoms with Gasteiger partial charge in [-0.3, -0.25) is 0 Å². The molecular weight excluding hydrogens is 236 g/mol. The van der Waals surface area contributed by atoms with Crippen LogP contribution in [0.3, 0.4) is 0 Å². The van der Waals surface area contributed by atoms with E-state index < -0.39 is 0 Å². The van der Waals surface area contributed by atoms with Crippen molar-refractivity contribution in [3.8, 4) is 5.75 Å². The van der Waals surface area contributed by atoms with Crippen LogP contribution in [0.2, 0.25) is 0 Å². The van der Waals surface area contributed by atoms with E-state index in [2.05, 4.69) is 32.0 Å². The van der Waals surface area contributed by atoms with E-state index in [1.165, 1.54) is 43.2 Å². The van der Waals surface area contributed by atoms with E-state index in [-0.39, 0.29) is 5.60 Å². The fraction of sp³-hybridized carbons (Fsp3) is 0.647. The maximum absolute atomic E-state index is 6.27. The number of aryl methyl sites for hydroxylation is 2. The minimum Gasteiger partial charge on any atom is -0.491 e. The molecule has 1 saturated carbocycles. The first-order valence-electron chi connectivity index (χ1n) is 7.55. The second-order valence-electron chi connectivity index (χ2n) is 6.25. The smallest absolute Gasteiger partial charge is 0.122 e. The van der Waals surface area contributed by atoms with Gasteiger partial charge in [0.25, 0.3) is 0 Å². The van der Waals surface area contributed by atoms with Gasteiger partial charge in [0.15, 0.2) is 0 Å². The zero-order valence-corrected chi connectivity index (χ0v) is 12.1. The van der Waals surface area contributed by atoms with Gasteiger partial charge in [-0.1, -0.05) is 30.5 Å². The number of ether oxygens (including phenoxy) is 2. The van der Waals surface area contributed by atoms with Gasteiger partial charge in [-0.25, -0.2) is 0 Å². The highest BCUT2D eigenvalue weighted by Gasteiger charge is 2.42. The van der Waals surface area contributed by atoms with E-state index >= 15 is 0 Å². The molecule has 1 atom stereocenters. The molecule has 2 aliphatic rings. The molecule has 2 fully saturated rings. The van der Waals surface area contributed by atoms with Gasteiger partial charge >= 0.3 is 0 Å². The van der Waals surface area contributed by atoms with Gasteiger partial charge in [0.1, 0.15) is 12.4 Å². The molecule has 1 spiro atoms. The Morgan fingerprint density at radius 2 is 2.00 bits per heavy atom. The monoisotopic (exact) mass is 260 g/mol. The van der Waals surface area contributed by atoms with Crippen molar-refractivity contribution >= 4 is 0 Å². The fourth-order valence-electron chi connectivity index (χ4n) is 3.54. The van der Waals surface area contributed by atoms with Crippen LogP contribution in [-0.2, 0) is 4.74 Å². The molecule has 1 unspecified atom stereocenters. The molecule has 1 heterocycles. The van der Waals surface area contributed by atoms with Crippen LogP contribution in [0.4, 0.5) is 0 Å². The molecule has 104 valence electrons. The van der Waals surface area contributed by atoms with E-state index in [0.717, 1.165) is 12.2 Å². The summed E-state index contributed by atoms with van der Waals surface area (Å²) < 4.78 is 12.2. The molecule has 1 saturated heterocycles. The van der Waals surface area contributed by atoms with Gasteiger partial charge in [0.05, 0.1) is 11.7 Å². The molecule has 3 rings (SSSR count). The lowest BCUT2D eigenvalue weighted by Crippen LogP contribution is -2.27. The van der Waals surface area contributed by atoms with Crippen molar-refractivity contribution in [2.24, 2.45) is 0 Å². The number of rotatable bonds is 3. The minimum absolute atomic E-state index is 0.219. The molecular formula is C17H24O2. The first-order valence-corrected chi connectivity index (χ1v) is 7.55. The molecule has 1 aliphatic carbocycles. The first kappa shape index (κ1) is 13.0. The average molecular weight is 260 g/mol. The number of hydrogen-bond acceptors (Lipinski definition) is 2. The lowest BCUT2D eigenvalue weighted by atomic mass is 9.98. The quantitative estimate of drug-likeness (QED) is 0.812. The van der Waals surface area contributed by atoms with Gasteiger partial charge in [0.2, 0.25) is 0 Å². The summed E-state index contributed by atoms with van der Waals surface area (Å²) >= 11 is 0. The molecule has 0 amide bonds. The summed E-state index contributed by atoms with van der Waals surface area (Å²) in [7, 11) is 0. The molecule has 0 N–H and O–H groups in total. The van der Waals surface area contributed by atoms with Crippen LogP contribution < -0.4 is 4.74 Å². The van der Waals surface area contributed by atoms with Crippen molar-refractivity contribution in [3.63, 3.8) is 0 Å². The van der Waals surface area contributed by atoms with Crippen molar-refractivity contribution in [2.45, 2.75) is 64.1 Å². The third-order valence-corrected chi connectivity index (χ3v) is 4.61. The normalized spacial score (nSPS) is 25.1. The molecule has 0 aromatic heterocycles. The van der Waals surface area contributed by atoms with E-state index in [1.54, 1.807) is 0 Å². The van der Waals surface area contributed by atoms with E-state index in [4.69, 9.17) is 9.47 Å². The molecule has 1 aromatic carbocycles. The minimum atomic E-state index is 0.219. The highest BCUT2D eigenvalue weighted by atomic mass is 16.6. The zero-order valence-electron chi connectivity index (χ0n) is 12.1. The highest BCUT2D eigenvalue weighted by molar-refractivity contribution is 5.35. The van der Waals surface area contributed by atoms with Gasteiger partial charge in [0, 0.05) is 0 Å². The molecule has 0 bridgehead atoms. The Balaban J connectivity index is 1.55. The van der Waals surface area contributed by atoms with Crippen LogP contribution in [0.15, 0.2) is 18.2 Å². The summed E-state index contributed by atoms with van der Waals surface area (Å²) in [5.41, 5.74) is 2.72. The molecule has 1 aliphatic heterocycles. The van der Waals surface area contributed by atoms with Crippen molar-refractivity contribution in [2.75, 3.05) is 6.61 Å². The van der Waals surface area contributed by atoms with Crippen molar-refractivity contribution < 1.29 is 9.47 Å². The fourth-order valence-corrected chi connectivity index (χ4v) is 3.54. The zero-order chi connectivity index (χ0) is 13.3. The van der Waals surface area contributed by atoms with Crippen LogP contribution >= 0.6 is 0 Å². The predicted octanol–water partition coefficient (Wildman–Crippen LogP) is 4.17. The predicted molar refractivity (Wildman–Crippen MR) is 76.7 cm³/mol. The number of hydrogen-bond donors (Lipinski definition) is 0. The van der Waals surface area contributed by atoms with E-state index in [9.17, 15) is 0 Å². The maximum Gasteiger partial charge on any atom is 0.122 e. The topological polar surface area (TPSA) is 18.5 Å². The number of benzene rings is 1. The summed E-state index contributed by atoms with van der Waals surface area (Å²) in [6.07, 6.45) is 7.87. The molecule has 2 nitrogen and oxygen atoms in total. The largest absolute Gasteiger partial charge is 0.491 e. The summed E-state index contributed by atoms with van der Waals surface area (Å²) in [4.78, 5) is 0. The van der Waals surface area contributed by atoms with E-state index in [0.29, 0.717) is 12.7 Å². The second-order valence-corrected chi connectivity index (χ2v) is 6.25. The van der Waals surface area contributed by atoms with Crippen LogP contribution in [0.1, 0.15) is 49.7 Å². The Labute approximate surface area is 116 Å². The van der Waals surface area contributed by atoms with Crippen LogP contribution in [0, 0.1) is 13.8 Å². The molecule has 1 aromatic rings. The third kappa shape index (κ3) is 2.79. The van der Waals surface area contributed by atoms with E-state index in [1.807, 2.05) is 0 Å². The first-order chi connectivity index (χ1) is 9.17. The van der Waals surface area contributed by atoms with Crippen LogP contribution in [-0.4, -0.2) is 18.3 Å². The Morgan fingerprint density at radius 3 is 2.74 bits per heavy atom.